The molecule has 1 aromatic heterocycles. The highest BCUT2D eigenvalue weighted by molar-refractivity contribution is 7.89. The molecule has 0 atom stereocenters. The number of nitrogens with one attached hydrogen (secondary N) is 2. The maximum Gasteiger partial charge on any atom is 0.251 e. The number of nitrogens with two attached hydrogens (primary N) is 1. The fourth-order valence-electron chi connectivity index (χ4n) is 1.75. The average Bonchev–Trinajstić information content (AvgIpc) is 2.42. The van der Waals surface area contributed by atoms with Gasteiger partial charge in [0.05, 0.1) is 5.75 Å². The Bertz CT molecular complexity index is 587. The van der Waals surface area contributed by atoms with Crippen molar-refractivity contribution in [1.82, 2.24) is 10.3 Å². The third kappa shape index (κ3) is 6.54. The molecule has 1 aromatic rings. The fourth-order valence-corrected chi connectivity index (χ4v) is 2.30. The summed E-state index contributed by atoms with van der Waals surface area (Å²) in [7, 11) is -3.48. The predicted molar refractivity (Wildman–Crippen MR) is 82.7 cm³/mol. The minimum Gasteiger partial charge on any atom is -0.370 e. The minimum absolute atomic E-state index is 0.146. The Morgan fingerprint density at radius 1 is 1.33 bits per heavy atom. The second kappa shape index (κ2) is 7.94. The number of pyridine rings is 1. The number of sulfonamides is 1. The van der Waals surface area contributed by atoms with Gasteiger partial charge in [-0.05, 0) is 31.9 Å². The van der Waals surface area contributed by atoms with Gasteiger partial charge in [-0.15, -0.1) is 0 Å². The zero-order valence-corrected chi connectivity index (χ0v) is 13.2. The Labute approximate surface area is 125 Å². The van der Waals surface area contributed by atoms with Gasteiger partial charge in [0.2, 0.25) is 10.0 Å². The lowest BCUT2D eigenvalue weighted by Gasteiger charge is -2.09. The Kier molecular flexibility index (Phi) is 6.57. The molecule has 1 amide bonds. The van der Waals surface area contributed by atoms with Gasteiger partial charge in [-0.3, -0.25) is 4.79 Å². The van der Waals surface area contributed by atoms with Crippen LogP contribution in [0.25, 0.3) is 0 Å². The van der Waals surface area contributed by atoms with E-state index < -0.39 is 10.0 Å². The number of aromatic nitrogens is 1. The van der Waals surface area contributed by atoms with Gasteiger partial charge >= 0.3 is 0 Å². The number of nitrogens with zero attached hydrogens (tertiary/aromatic N) is 1. The molecule has 1 rings (SSSR count). The highest BCUT2D eigenvalue weighted by Gasteiger charge is 2.09. The lowest BCUT2D eigenvalue weighted by Crippen LogP contribution is -2.27. The van der Waals surface area contributed by atoms with Gasteiger partial charge in [0.1, 0.15) is 5.82 Å². The van der Waals surface area contributed by atoms with Gasteiger partial charge in [-0.1, -0.05) is 6.92 Å². The molecule has 0 fully saturated rings. The molecule has 0 aromatic carbocycles. The van der Waals surface area contributed by atoms with Crippen LogP contribution in [0.2, 0.25) is 0 Å². The van der Waals surface area contributed by atoms with Gasteiger partial charge in [-0.25, -0.2) is 18.5 Å². The molecule has 21 heavy (non-hydrogen) atoms. The van der Waals surface area contributed by atoms with Crippen molar-refractivity contribution < 1.29 is 13.2 Å². The Balaban J connectivity index is 2.66. The number of carbonyl (C=O) groups is 1. The van der Waals surface area contributed by atoms with Gasteiger partial charge in [-0.2, -0.15) is 0 Å². The summed E-state index contributed by atoms with van der Waals surface area (Å²) in [6.07, 6.45) is 1.02. The van der Waals surface area contributed by atoms with E-state index in [0.29, 0.717) is 11.4 Å². The second-order valence-electron chi connectivity index (χ2n) is 4.59. The van der Waals surface area contributed by atoms with Crippen LogP contribution in [-0.2, 0) is 16.4 Å². The van der Waals surface area contributed by atoms with E-state index in [1.807, 2.05) is 13.8 Å². The number of carbonyl (C=O) groups excluding carboxylic acids is 1. The van der Waals surface area contributed by atoms with Crippen LogP contribution in [0.4, 0.5) is 5.82 Å². The first kappa shape index (κ1) is 17.4. The number of hydrogen-bond donors (Lipinski definition) is 3. The predicted octanol–water partition coefficient (Wildman–Crippen LogP) is 0.484. The number of aryl methyl sites for hydroxylation is 1. The summed E-state index contributed by atoms with van der Waals surface area (Å²) in [4.78, 5) is 16.4. The molecule has 0 radical (unpaired) electrons. The smallest absolute Gasteiger partial charge is 0.251 e. The van der Waals surface area contributed by atoms with E-state index in [0.717, 1.165) is 18.7 Å². The molecule has 0 saturated heterocycles. The zero-order chi connectivity index (χ0) is 15.9. The molecular weight excluding hydrogens is 292 g/mol. The van der Waals surface area contributed by atoms with E-state index in [9.17, 15) is 13.2 Å². The van der Waals surface area contributed by atoms with Crippen LogP contribution in [0.15, 0.2) is 12.1 Å². The number of amides is 1. The van der Waals surface area contributed by atoms with Crippen molar-refractivity contribution in [2.45, 2.75) is 26.7 Å². The van der Waals surface area contributed by atoms with Crippen molar-refractivity contribution in [2.75, 3.05) is 24.2 Å². The van der Waals surface area contributed by atoms with Crippen LogP contribution < -0.4 is 15.8 Å². The molecule has 0 aliphatic heterocycles. The first-order chi connectivity index (χ1) is 9.85. The first-order valence-corrected chi connectivity index (χ1v) is 8.60. The number of primary sulfonamides is 1. The number of anilines is 1. The van der Waals surface area contributed by atoms with Crippen LogP contribution in [0.1, 0.15) is 36.3 Å². The third-order valence-corrected chi connectivity index (χ3v) is 3.61. The molecule has 8 heteroatoms. The van der Waals surface area contributed by atoms with Crippen molar-refractivity contribution in [1.29, 1.82) is 0 Å². The molecule has 0 unspecified atom stereocenters. The van der Waals surface area contributed by atoms with E-state index in [4.69, 9.17) is 5.14 Å². The topological polar surface area (TPSA) is 114 Å². The molecule has 4 N–H and O–H groups in total. The number of rotatable bonds is 8. The Hall–Kier alpha value is -1.67. The van der Waals surface area contributed by atoms with Crippen molar-refractivity contribution in [3.05, 3.63) is 23.4 Å². The molecule has 0 aliphatic carbocycles. The molecule has 0 bridgehead atoms. The Morgan fingerprint density at radius 3 is 2.62 bits per heavy atom. The number of hydrogen-bond acceptors (Lipinski definition) is 5. The summed E-state index contributed by atoms with van der Waals surface area (Å²) >= 11 is 0. The third-order valence-electron chi connectivity index (χ3n) is 2.75. The highest BCUT2D eigenvalue weighted by atomic mass is 32.2. The molecule has 0 spiro atoms. The van der Waals surface area contributed by atoms with Crippen molar-refractivity contribution in [3.63, 3.8) is 0 Å². The highest BCUT2D eigenvalue weighted by Crippen LogP contribution is 2.11. The van der Waals surface area contributed by atoms with Gasteiger partial charge in [0, 0.05) is 24.3 Å². The largest absolute Gasteiger partial charge is 0.370 e. The molecule has 0 aliphatic rings. The maximum atomic E-state index is 12.0. The van der Waals surface area contributed by atoms with Crippen molar-refractivity contribution >= 4 is 21.7 Å². The standard InChI is InChI=1S/C13H22N4O3S/c1-3-11-8-10(9-12(17-11)15-4-2)13(18)16-6-5-7-21(14,19)20/h8-9H,3-7H2,1-2H3,(H,15,17)(H,16,18)(H2,14,19,20). The average molecular weight is 314 g/mol. The van der Waals surface area contributed by atoms with Crippen LogP contribution in [-0.4, -0.2) is 38.2 Å². The van der Waals surface area contributed by atoms with E-state index in [-0.39, 0.29) is 24.6 Å². The molecular formula is C13H22N4O3S. The summed E-state index contributed by atoms with van der Waals surface area (Å²) in [6, 6.07) is 3.41. The summed E-state index contributed by atoms with van der Waals surface area (Å²) < 4.78 is 21.6. The maximum absolute atomic E-state index is 12.0. The quantitative estimate of drug-likeness (QED) is 0.604. The Morgan fingerprint density at radius 2 is 2.05 bits per heavy atom. The van der Waals surface area contributed by atoms with E-state index in [1.54, 1.807) is 12.1 Å². The first-order valence-electron chi connectivity index (χ1n) is 6.89. The summed E-state index contributed by atoms with van der Waals surface area (Å²) in [5, 5.41) is 10.7. The van der Waals surface area contributed by atoms with Crippen LogP contribution in [0, 0.1) is 0 Å². The summed E-state index contributed by atoms with van der Waals surface area (Å²) in [5.41, 5.74) is 1.33. The van der Waals surface area contributed by atoms with Crippen molar-refractivity contribution in [2.24, 2.45) is 5.14 Å². The monoisotopic (exact) mass is 314 g/mol. The van der Waals surface area contributed by atoms with E-state index in [1.165, 1.54) is 0 Å². The fraction of sp³-hybridized carbons (Fsp3) is 0.538. The van der Waals surface area contributed by atoms with Gasteiger partial charge in [0.25, 0.3) is 5.91 Å². The normalized spacial score (nSPS) is 11.2. The SMILES string of the molecule is CCNc1cc(C(=O)NCCCS(N)(=O)=O)cc(CC)n1. The molecule has 0 saturated carbocycles. The van der Waals surface area contributed by atoms with Crippen molar-refractivity contribution in [3.8, 4) is 0 Å². The molecule has 7 nitrogen and oxygen atoms in total. The molecule has 1 heterocycles. The lowest BCUT2D eigenvalue weighted by molar-refractivity contribution is 0.0953. The van der Waals surface area contributed by atoms with E-state index in [2.05, 4.69) is 15.6 Å². The van der Waals surface area contributed by atoms with E-state index >= 15 is 0 Å². The van der Waals surface area contributed by atoms with Gasteiger partial charge < -0.3 is 10.6 Å². The van der Waals surface area contributed by atoms with Crippen LogP contribution in [0.5, 0.6) is 0 Å². The zero-order valence-electron chi connectivity index (χ0n) is 12.3. The minimum atomic E-state index is -3.48. The second-order valence-corrected chi connectivity index (χ2v) is 6.33. The van der Waals surface area contributed by atoms with Crippen LogP contribution in [0.3, 0.4) is 0 Å². The lowest BCUT2D eigenvalue weighted by atomic mass is 10.2. The summed E-state index contributed by atoms with van der Waals surface area (Å²) in [5.74, 6) is 0.263. The van der Waals surface area contributed by atoms with Crippen LogP contribution >= 0.6 is 0 Å². The summed E-state index contributed by atoms with van der Waals surface area (Å²) in [6.45, 7) is 4.89. The molecule has 118 valence electrons. The van der Waals surface area contributed by atoms with Gasteiger partial charge in [0.15, 0.2) is 0 Å².